The molecule has 0 radical (unpaired) electrons. The maximum Gasteiger partial charge on any atom is 0.210 e. The molecular formula is C15H33IN4O3S. The highest BCUT2D eigenvalue weighted by Gasteiger charge is 2.53. The monoisotopic (exact) mass is 476 g/mol. The molecule has 0 amide bonds. The van der Waals surface area contributed by atoms with E-state index in [1.54, 1.807) is 0 Å². The van der Waals surface area contributed by atoms with Crippen LogP contribution in [0, 0.1) is 5.41 Å². The van der Waals surface area contributed by atoms with Crippen LogP contribution in [0.4, 0.5) is 0 Å². The van der Waals surface area contributed by atoms with Crippen LogP contribution < -0.4 is 15.8 Å². The number of nitrogens with two attached hydrogens (primary N) is 1. The average Bonchev–Trinajstić information content (AvgIpc) is 2.46. The van der Waals surface area contributed by atoms with E-state index in [0.717, 1.165) is 25.9 Å². The average molecular weight is 476 g/mol. The number of guanidine groups is 1. The number of aliphatic imine (C=N–C) groups is 1. The first kappa shape index (κ1) is 23.9. The molecule has 0 aliphatic heterocycles. The summed E-state index contributed by atoms with van der Waals surface area (Å²) in [6, 6.07) is 0.279. The van der Waals surface area contributed by atoms with Crippen LogP contribution in [0.25, 0.3) is 0 Å². The fraction of sp³-hybridized carbons (Fsp3) is 0.933. The fourth-order valence-corrected chi connectivity index (χ4v) is 3.70. The standard InChI is InChI=1S/C15H32N4O3S.HI/c1-5-15(6-2)12(11-13(15)22-8-4)19-14(17-7-3)18-9-10-23(16,20)21;/h12-13H,5-11H2,1-4H3,(H2,16,20,21)(H2,17,18,19);1H. The third-order valence-corrected chi connectivity index (χ3v) is 5.52. The number of halogens is 1. The van der Waals surface area contributed by atoms with E-state index in [9.17, 15) is 8.42 Å². The minimum absolute atomic E-state index is 0. The van der Waals surface area contributed by atoms with Gasteiger partial charge in [-0.2, -0.15) is 0 Å². The van der Waals surface area contributed by atoms with E-state index >= 15 is 0 Å². The zero-order valence-electron chi connectivity index (χ0n) is 15.2. The molecule has 2 unspecified atom stereocenters. The number of nitrogens with one attached hydrogen (secondary N) is 2. The predicted octanol–water partition coefficient (Wildman–Crippen LogP) is 1.43. The highest BCUT2D eigenvalue weighted by Crippen LogP contribution is 2.48. The largest absolute Gasteiger partial charge is 0.378 e. The van der Waals surface area contributed by atoms with Crippen molar-refractivity contribution in [1.29, 1.82) is 0 Å². The number of rotatable bonds is 9. The Morgan fingerprint density at radius 2 is 1.92 bits per heavy atom. The summed E-state index contributed by atoms with van der Waals surface area (Å²) in [6.07, 6.45) is 3.27. The highest BCUT2D eigenvalue weighted by molar-refractivity contribution is 14.0. The van der Waals surface area contributed by atoms with E-state index in [0.29, 0.717) is 12.5 Å². The number of sulfonamides is 1. The molecule has 2 atom stereocenters. The molecule has 7 nitrogen and oxygen atoms in total. The summed E-state index contributed by atoms with van der Waals surface area (Å²) in [6.45, 7) is 9.97. The predicted molar refractivity (Wildman–Crippen MR) is 109 cm³/mol. The first-order chi connectivity index (χ1) is 10.8. The van der Waals surface area contributed by atoms with Gasteiger partial charge in [0.05, 0.1) is 18.4 Å². The van der Waals surface area contributed by atoms with E-state index in [2.05, 4.69) is 29.5 Å². The summed E-state index contributed by atoms with van der Waals surface area (Å²) in [4.78, 5) is 4.32. The molecule has 1 fully saturated rings. The minimum Gasteiger partial charge on any atom is -0.378 e. The van der Waals surface area contributed by atoms with Gasteiger partial charge in [0.25, 0.3) is 0 Å². The number of hydrogen-bond donors (Lipinski definition) is 3. The first-order valence-corrected chi connectivity index (χ1v) is 10.2. The lowest BCUT2D eigenvalue weighted by Crippen LogP contribution is -2.65. The fourth-order valence-electron chi connectivity index (χ4n) is 3.35. The number of primary sulfonamides is 1. The molecule has 0 heterocycles. The first-order valence-electron chi connectivity index (χ1n) is 8.49. The molecule has 1 saturated carbocycles. The van der Waals surface area contributed by atoms with Gasteiger partial charge in [0.15, 0.2) is 5.96 Å². The lowest BCUT2D eigenvalue weighted by atomic mass is 9.58. The van der Waals surface area contributed by atoms with Crippen molar-refractivity contribution in [3.63, 3.8) is 0 Å². The van der Waals surface area contributed by atoms with Gasteiger partial charge in [0, 0.05) is 24.6 Å². The van der Waals surface area contributed by atoms with E-state index in [-0.39, 0.29) is 53.8 Å². The zero-order valence-corrected chi connectivity index (χ0v) is 18.3. The molecule has 0 saturated heterocycles. The van der Waals surface area contributed by atoms with Crippen LogP contribution in [0.3, 0.4) is 0 Å². The van der Waals surface area contributed by atoms with Crippen molar-refractivity contribution in [3.05, 3.63) is 0 Å². The van der Waals surface area contributed by atoms with Gasteiger partial charge in [-0.3, -0.25) is 4.99 Å². The van der Waals surface area contributed by atoms with Crippen molar-refractivity contribution in [2.24, 2.45) is 15.5 Å². The van der Waals surface area contributed by atoms with E-state index in [1.165, 1.54) is 0 Å². The van der Waals surface area contributed by atoms with Crippen molar-refractivity contribution in [3.8, 4) is 0 Å². The lowest BCUT2D eigenvalue weighted by molar-refractivity contribution is -0.133. The van der Waals surface area contributed by atoms with Crippen molar-refractivity contribution in [1.82, 2.24) is 10.6 Å². The van der Waals surface area contributed by atoms with Crippen LogP contribution in [0.15, 0.2) is 4.99 Å². The molecule has 4 N–H and O–H groups in total. The smallest absolute Gasteiger partial charge is 0.210 e. The Labute approximate surface area is 163 Å². The highest BCUT2D eigenvalue weighted by atomic mass is 127. The van der Waals surface area contributed by atoms with Gasteiger partial charge in [0.1, 0.15) is 0 Å². The Morgan fingerprint density at radius 3 is 2.38 bits per heavy atom. The molecule has 0 aromatic heterocycles. The minimum atomic E-state index is -3.49. The molecule has 1 aliphatic carbocycles. The number of hydrogen-bond acceptors (Lipinski definition) is 4. The van der Waals surface area contributed by atoms with Gasteiger partial charge in [0.2, 0.25) is 10.0 Å². The molecule has 24 heavy (non-hydrogen) atoms. The number of nitrogens with zero attached hydrogens (tertiary/aromatic N) is 1. The molecule has 1 aliphatic rings. The second kappa shape index (κ2) is 10.8. The van der Waals surface area contributed by atoms with Gasteiger partial charge in [-0.25, -0.2) is 13.6 Å². The quantitative estimate of drug-likeness (QED) is 0.265. The summed E-state index contributed by atoms with van der Waals surface area (Å²) < 4.78 is 27.9. The summed E-state index contributed by atoms with van der Waals surface area (Å²) in [7, 11) is -3.49. The molecular weight excluding hydrogens is 443 g/mol. The second-order valence-electron chi connectivity index (χ2n) is 5.94. The van der Waals surface area contributed by atoms with Crippen molar-refractivity contribution < 1.29 is 13.2 Å². The summed E-state index contributed by atoms with van der Waals surface area (Å²) in [5.41, 5.74) is 0.103. The van der Waals surface area contributed by atoms with Crippen molar-refractivity contribution in [2.75, 3.05) is 25.4 Å². The van der Waals surface area contributed by atoms with Crippen LogP contribution in [0.1, 0.15) is 47.0 Å². The van der Waals surface area contributed by atoms with Gasteiger partial charge >= 0.3 is 0 Å². The molecule has 1 rings (SSSR count). The molecule has 0 spiro atoms. The topological polar surface area (TPSA) is 106 Å². The van der Waals surface area contributed by atoms with Crippen LogP contribution in [0.2, 0.25) is 0 Å². The van der Waals surface area contributed by atoms with Gasteiger partial charge in [-0.05, 0) is 33.1 Å². The zero-order chi connectivity index (χ0) is 17.5. The van der Waals surface area contributed by atoms with E-state index < -0.39 is 10.0 Å². The third kappa shape index (κ3) is 6.30. The molecule has 0 aromatic rings. The maximum atomic E-state index is 11.0. The van der Waals surface area contributed by atoms with E-state index in [4.69, 9.17) is 9.88 Å². The Balaban J connectivity index is 0.00000529. The second-order valence-corrected chi connectivity index (χ2v) is 7.68. The van der Waals surface area contributed by atoms with Crippen LogP contribution in [0.5, 0.6) is 0 Å². The Morgan fingerprint density at radius 1 is 1.29 bits per heavy atom. The Kier molecular flexibility index (Phi) is 10.7. The molecule has 9 heteroatoms. The maximum absolute atomic E-state index is 11.0. The SMILES string of the molecule is CCNC(=NCCS(N)(=O)=O)NC1CC(OCC)C1(CC)CC.I. The van der Waals surface area contributed by atoms with Crippen LogP contribution in [-0.4, -0.2) is 52.0 Å². The Hall–Kier alpha value is -0.130. The molecule has 144 valence electrons. The third-order valence-electron chi connectivity index (χ3n) is 4.77. The van der Waals surface area contributed by atoms with Crippen molar-refractivity contribution in [2.45, 2.75) is 59.1 Å². The summed E-state index contributed by atoms with van der Waals surface area (Å²) in [5.74, 6) is 0.491. The lowest BCUT2D eigenvalue weighted by Gasteiger charge is -2.55. The summed E-state index contributed by atoms with van der Waals surface area (Å²) >= 11 is 0. The van der Waals surface area contributed by atoms with Gasteiger partial charge < -0.3 is 15.4 Å². The van der Waals surface area contributed by atoms with Crippen LogP contribution >= 0.6 is 24.0 Å². The molecule has 0 aromatic carbocycles. The summed E-state index contributed by atoms with van der Waals surface area (Å²) in [5, 5.41) is 11.6. The van der Waals surface area contributed by atoms with Gasteiger partial charge in [-0.1, -0.05) is 13.8 Å². The molecule has 0 bridgehead atoms. The van der Waals surface area contributed by atoms with E-state index in [1.807, 2.05) is 13.8 Å². The Bertz CT molecular complexity index is 495. The van der Waals surface area contributed by atoms with Crippen LogP contribution in [-0.2, 0) is 14.8 Å². The number of ether oxygens (including phenoxy) is 1. The van der Waals surface area contributed by atoms with Gasteiger partial charge in [-0.15, -0.1) is 24.0 Å². The van der Waals surface area contributed by atoms with Crippen molar-refractivity contribution >= 4 is 40.0 Å². The normalized spacial score (nSPS) is 23.1.